The Bertz CT molecular complexity index is 762. The number of carbonyl (C=O) groups is 2. The molecule has 0 aliphatic carbocycles. The van der Waals surface area contributed by atoms with E-state index in [1.54, 1.807) is 24.3 Å². The van der Waals surface area contributed by atoms with Gasteiger partial charge >= 0.3 is 5.97 Å². The summed E-state index contributed by atoms with van der Waals surface area (Å²) < 4.78 is 10.3. The first kappa shape index (κ1) is 19.1. The molecule has 2 aromatic rings. The van der Waals surface area contributed by atoms with Crippen molar-refractivity contribution in [1.29, 1.82) is 0 Å². The Kier molecular flexibility index (Phi) is 6.67. The number of anilines is 1. The largest absolute Gasteiger partial charge is 0.480 e. The molecule has 0 saturated heterocycles. The molecule has 7 heteroatoms. The molecular formula is C18H17Cl2NO4. The average Bonchev–Trinajstić information content (AvgIpc) is 2.56. The average molecular weight is 382 g/mol. The summed E-state index contributed by atoms with van der Waals surface area (Å²) in [5.74, 6) is -0.806. The van der Waals surface area contributed by atoms with Crippen molar-refractivity contribution in [2.75, 3.05) is 11.9 Å². The van der Waals surface area contributed by atoms with Gasteiger partial charge in [-0.15, -0.1) is 0 Å². The Morgan fingerprint density at radius 2 is 1.80 bits per heavy atom. The number of hydrogen-bond acceptors (Lipinski definition) is 4. The number of carbonyl (C=O) groups excluding carboxylic acids is 2. The highest BCUT2D eigenvalue weighted by Gasteiger charge is 2.18. The Morgan fingerprint density at radius 1 is 1.12 bits per heavy atom. The van der Waals surface area contributed by atoms with Crippen LogP contribution in [0.3, 0.4) is 0 Å². The van der Waals surface area contributed by atoms with E-state index in [1.165, 1.54) is 13.0 Å². The van der Waals surface area contributed by atoms with Crippen LogP contribution in [-0.2, 0) is 14.3 Å². The van der Waals surface area contributed by atoms with Crippen LogP contribution < -0.4 is 10.1 Å². The van der Waals surface area contributed by atoms with Crippen LogP contribution >= 0.6 is 23.2 Å². The second-order valence-corrected chi connectivity index (χ2v) is 6.19. The van der Waals surface area contributed by atoms with E-state index in [1.807, 2.05) is 19.1 Å². The van der Waals surface area contributed by atoms with E-state index < -0.39 is 18.0 Å². The van der Waals surface area contributed by atoms with Gasteiger partial charge < -0.3 is 14.8 Å². The minimum atomic E-state index is -0.960. The van der Waals surface area contributed by atoms with Crippen molar-refractivity contribution in [1.82, 2.24) is 0 Å². The Labute approximate surface area is 155 Å². The third kappa shape index (κ3) is 5.96. The van der Waals surface area contributed by atoms with Crippen LogP contribution in [0.15, 0.2) is 42.5 Å². The Balaban J connectivity index is 1.82. The number of esters is 1. The lowest BCUT2D eigenvalue weighted by atomic mass is 10.2. The third-order valence-electron chi connectivity index (χ3n) is 3.24. The summed E-state index contributed by atoms with van der Waals surface area (Å²) in [7, 11) is 0. The smallest absolute Gasteiger partial charge is 0.344 e. The zero-order valence-corrected chi connectivity index (χ0v) is 15.2. The molecule has 2 aromatic carbocycles. The van der Waals surface area contributed by atoms with Gasteiger partial charge in [-0.05, 0) is 44.2 Å². The standard InChI is InChI=1S/C18H17Cl2NO4/c1-11-3-6-14(7-4-11)21-18(23)12(2)25-17(22)10-24-16-8-5-13(19)9-15(16)20/h3-9,12H,10H2,1-2H3,(H,21,23)/t12-/m0/s1. The second-order valence-electron chi connectivity index (χ2n) is 5.35. The molecule has 0 radical (unpaired) electrons. The lowest BCUT2D eigenvalue weighted by Gasteiger charge is -2.14. The number of aryl methyl sites for hydroxylation is 1. The van der Waals surface area contributed by atoms with Gasteiger partial charge in [0.2, 0.25) is 0 Å². The van der Waals surface area contributed by atoms with Crippen LogP contribution in [0.4, 0.5) is 5.69 Å². The molecule has 5 nitrogen and oxygen atoms in total. The molecule has 132 valence electrons. The van der Waals surface area contributed by atoms with Gasteiger partial charge in [0.05, 0.1) is 5.02 Å². The predicted octanol–water partition coefficient (Wildman–Crippen LogP) is 4.25. The van der Waals surface area contributed by atoms with Gasteiger partial charge in [-0.25, -0.2) is 4.79 Å². The normalized spacial score (nSPS) is 11.5. The van der Waals surface area contributed by atoms with Crippen molar-refractivity contribution in [2.45, 2.75) is 20.0 Å². The number of halogens is 2. The molecule has 25 heavy (non-hydrogen) atoms. The van der Waals surface area contributed by atoms with Crippen molar-refractivity contribution in [3.8, 4) is 5.75 Å². The summed E-state index contributed by atoms with van der Waals surface area (Å²) in [6.07, 6.45) is -0.960. The lowest BCUT2D eigenvalue weighted by Crippen LogP contribution is -2.31. The summed E-state index contributed by atoms with van der Waals surface area (Å²) >= 11 is 11.7. The quantitative estimate of drug-likeness (QED) is 0.759. The first-order chi connectivity index (χ1) is 11.8. The molecule has 1 atom stereocenters. The molecule has 0 unspecified atom stereocenters. The van der Waals surface area contributed by atoms with Gasteiger partial charge in [0.25, 0.3) is 5.91 Å². The molecule has 0 heterocycles. The van der Waals surface area contributed by atoms with Crippen molar-refractivity contribution in [3.05, 3.63) is 58.1 Å². The molecule has 0 bridgehead atoms. The fraction of sp³-hybridized carbons (Fsp3) is 0.222. The van der Waals surface area contributed by atoms with Crippen LogP contribution in [0.5, 0.6) is 5.75 Å². The van der Waals surface area contributed by atoms with E-state index in [0.29, 0.717) is 16.5 Å². The Hall–Kier alpha value is -2.24. The van der Waals surface area contributed by atoms with Gasteiger partial charge in [0.1, 0.15) is 5.75 Å². The molecule has 0 fully saturated rings. The summed E-state index contributed by atoms with van der Waals surface area (Å²) in [6, 6.07) is 11.9. The molecule has 2 rings (SSSR count). The highest BCUT2D eigenvalue weighted by atomic mass is 35.5. The van der Waals surface area contributed by atoms with Gasteiger partial charge in [0.15, 0.2) is 12.7 Å². The summed E-state index contributed by atoms with van der Waals surface area (Å²) in [4.78, 5) is 23.8. The molecular weight excluding hydrogens is 365 g/mol. The number of amides is 1. The summed E-state index contributed by atoms with van der Waals surface area (Å²) in [6.45, 7) is 3.06. The fourth-order valence-electron chi connectivity index (χ4n) is 1.89. The maximum absolute atomic E-state index is 12.0. The van der Waals surface area contributed by atoms with E-state index in [2.05, 4.69) is 5.32 Å². The number of ether oxygens (including phenoxy) is 2. The fourth-order valence-corrected chi connectivity index (χ4v) is 2.36. The molecule has 1 amide bonds. The second kappa shape index (κ2) is 8.74. The highest BCUT2D eigenvalue weighted by molar-refractivity contribution is 6.35. The number of nitrogens with one attached hydrogen (secondary N) is 1. The third-order valence-corrected chi connectivity index (χ3v) is 3.77. The van der Waals surface area contributed by atoms with Crippen molar-refractivity contribution in [2.24, 2.45) is 0 Å². The minimum Gasteiger partial charge on any atom is -0.480 e. The first-order valence-electron chi connectivity index (χ1n) is 7.50. The predicted molar refractivity (Wildman–Crippen MR) is 97.3 cm³/mol. The molecule has 0 saturated carbocycles. The number of rotatable bonds is 6. The van der Waals surface area contributed by atoms with Crippen LogP contribution in [0.2, 0.25) is 10.0 Å². The van der Waals surface area contributed by atoms with E-state index >= 15 is 0 Å². The van der Waals surface area contributed by atoms with Gasteiger partial charge in [-0.1, -0.05) is 40.9 Å². The summed E-state index contributed by atoms with van der Waals surface area (Å²) in [5.41, 5.74) is 1.71. The maximum Gasteiger partial charge on any atom is 0.344 e. The van der Waals surface area contributed by atoms with Crippen LogP contribution in [-0.4, -0.2) is 24.6 Å². The number of benzene rings is 2. The van der Waals surface area contributed by atoms with Crippen LogP contribution in [0, 0.1) is 6.92 Å². The summed E-state index contributed by atoms with van der Waals surface area (Å²) in [5, 5.41) is 3.41. The molecule has 0 aromatic heterocycles. The highest BCUT2D eigenvalue weighted by Crippen LogP contribution is 2.27. The minimum absolute atomic E-state index is 0.283. The monoisotopic (exact) mass is 381 g/mol. The zero-order chi connectivity index (χ0) is 18.4. The SMILES string of the molecule is Cc1ccc(NC(=O)[C@H](C)OC(=O)COc2ccc(Cl)cc2Cl)cc1. The zero-order valence-electron chi connectivity index (χ0n) is 13.7. The molecule has 0 spiro atoms. The molecule has 0 aliphatic rings. The Morgan fingerprint density at radius 3 is 2.44 bits per heavy atom. The van der Waals surface area contributed by atoms with E-state index in [4.69, 9.17) is 32.7 Å². The lowest BCUT2D eigenvalue weighted by molar-refractivity contribution is -0.155. The van der Waals surface area contributed by atoms with Crippen molar-refractivity contribution < 1.29 is 19.1 Å². The van der Waals surface area contributed by atoms with Gasteiger partial charge in [0, 0.05) is 10.7 Å². The van der Waals surface area contributed by atoms with Crippen molar-refractivity contribution in [3.63, 3.8) is 0 Å². The first-order valence-corrected chi connectivity index (χ1v) is 8.25. The molecule has 0 aliphatic heterocycles. The number of hydrogen-bond donors (Lipinski definition) is 1. The van der Waals surface area contributed by atoms with E-state index in [0.717, 1.165) is 5.56 Å². The van der Waals surface area contributed by atoms with Gasteiger partial charge in [-0.2, -0.15) is 0 Å². The van der Waals surface area contributed by atoms with Crippen LogP contribution in [0.25, 0.3) is 0 Å². The van der Waals surface area contributed by atoms with Crippen molar-refractivity contribution >= 4 is 40.8 Å². The van der Waals surface area contributed by atoms with E-state index in [-0.39, 0.29) is 11.6 Å². The maximum atomic E-state index is 12.0. The van der Waals surface area contributed by atoms with E-state index in [9.17, 15) is 9.59 Å². The molecule has 1 N–H and O–H groups in total. The topological polar surface area (TPSA) is 64.6 Å². The van der Waals surface area contributed by atoms with Gasteiger partial charge in [-0.3, -0.25) is 4.79 Å². The van der Waals surface area contributed by atoms with Crippen LogP contribution in [0.1, 0.15) is 12.5 Å².